The standard InChI is InChI=1S/C13H25N3O/c1-9-6-14-7-11(9)13(17)15-12-4-5-16(3)8-10(12)2/h9-12,14H,4-8H2,1-3H3,(H,15,17). The quantitative estimate of drug-likeness (QED) is 0.728. The fraction of sp³-hybridized carbons (Fsp3) is 0.923. The molecule has 2 rings (SSSR count). The number of carbonyl (C=O) groups is 1. The minimum Gasteiger partial charge on any atom is -0.353 e. The van der Waals surface area contributed by atoms with E-state index in [1.807, 2.05) is 0 Å². The summed E-state index contributed by atoms with van der Waals surface area (Å²) in [6.07, 6.45) is 1.08. The van der Waals surface area contributed by atoms with Crippen LogP contribution in [0.1, 0.15) is 20.3 Å². The molecule has 0 aromatic carbocycles. The zero-order valence-electron chi connectivity index (χ0n) is 11.2. The summed E-state index contributed by atoms with van der Waals surface area (Å²) in [5.74, 6) is 1.45. The molecule has 4 nitrogen and oxygen atoms in total. The number of rotatable bonds is 2. The molecule has 4 heteroatoms. The fourth-order valence-electron chi connectivity index (χ4n) is 3.02. The van der Waals surface area contributed by atoms with Crippen LogP contribution < -0.4 is 10.6 Å². The van der Waals surface area contributed by atoms with Gasteiger partial charge in [-0.05, 0) is 38.4 Å². The molecule has 1 amide bonds. The monoisotopic (exact) mass is 239 g/mol. The summed E-state index contributed by atoms with van der Waals surface area (Å²) in [5, 5.41) is 6.55. The van der Waals surface area contributed by atoms with E-state index in [9.17, 15) is 4.79 Å². The Hall–Kier alpha value is -0.610. The van der Waals surface area contributed by atoms with Crippen molar-refractivity contribution in [3.8, 4) is 0 Å². The predicted molar refractivity (Wildman–Crippen MR) is 68.7 cm³/mol. The van der Waals surface area contributed by atoms with Gasteiger partial charge in [0, 0.05) is 19.1 Å². The summed E-state index contributed by atoms with van der Waals surface area (Å²) >= 11 is 0. The Kier molecular flexibility index (Phi) is 4.05. The van der Waals surface area contributed by atoms with Crippen LogP contribution in [-0.2, 0) is 4.79 Å². The molecule has 0 spiro atoms. The lowest BCUT2D eigenvalue weighted by molar-refractivity contribution is -0.126. The van der Waals surface area contributed by atoms with Crippen molar-refractivity contribution in [1.29, 1.82) is 0 Å². The second-order valence-corrected chi connectivity index (χ2v) is 5.89. The maximum absolute atomic E-state index is 12.2. The van der Waals surface area contributed by atoms with Crippen LogP contribution in [0.2, 0.25) is 0 Å². The second-order valence-electron chi connectivity index (χ2n) is 5.89. The molecule has 4 unspecified atom stereocenters. The Morgan fingerprint density at radius 3 is 2.65 bits per heavy atom. The van der Waals surface area contributed by atoms with Crippen molar-refractivity contribution in [3.05, 3.63) is 0 Å². The Labute approximate surface area is 104 Å². The van der Waals surface area contributed by atoms with E-state index in [1.165, 1.54) is 0 Å². The molecule has 2 aliphatic rings. The van der Waals surface area contributed by atoms with Crippen molar-refractivity contribution in [3.63, 3.8) is 0 Å². The maximum Gasteiger partial charge on any atom is 0.224 e. The highest BCUT2D eigenvalue weighted by Crippen LogP contribution is 2.19. The Morgan fingerprint density at radius 2 is 2.06 bits per heavy atom. The van der Waals surface area contributed by atoms with Crippen LogP contribution in [0, 0.1) is 17.8 Å². The molecule has 2 fully saturated rings. The number of carbonyl (C=O) groups excluding carboxylic acids is 1. The number of piperidine rings is 1. The third-order valence-corrected chi connectivity index (χ3v) is 4.29. The van der Waals surface area contributed by atoms with Crippen LogP contribution in [0.25, 0.3) is 0 Å². The summed E-state index contributed by atoms with van der Waals surface area (Å²) in [6.45, 7) is 8.38. The van der Waals surface area contributed by atoms with Crippen molar-refractivity contribution in [2.75, 3.05) is 33.2 Å². The van der Waals surface area contributed by atoms with Gasteiger partial charge in [0.05, 0.1) is 5.92 Å². The maximum atomic E-state index is 12.2. The molecular formula is C13H25N3O. The van der Waals surface area contributed by atoms with Gasteiger partial charge in [-0.15, -0.1) is 0 Å². The van der Waals surface area contributed by atoms with Crippen LogP contribution >= 0.6 is 0 Å². The number of nitrogens with one attached hydrogen (secondary N) is 2. The molecule has 17 heavy (non-hydrogen) atoms. The van der Waals surface area contributed by atoms with Crippen LogP contribution in [0.4, 0.5) is 0 Å². The van der Waals surface area contributed by atoms with Crippen molar-refractivity contribution in [2.24, 2.45) is 17.8 Å². The molecule has 98 valence electrons. The zero-order valence-corrected chi connectivity index (χ0v) is 11.2. The third-order valence-electron chi connectivity index (χ3n) is 4.29. The highest BCUT2D eigenvalue weighted by Gasteiger charge is 2.32. The van der Waals surface area contributed by atoms with Gasteiger partial charge in [-0.2, -0.15) is 0 Å². The summed E-state index contributed by atoms with van der Waals surface area (Å²) in [6, 6.07) is 0.367. The first kappa shape index (κ1) is 12.8. The SMILES string of the molecule is CC1CN(C)CCC1NC(=O)C1CNCC1C. The average Bonchev–Trinajstić information content (AvgIpc) is 2.68. The molecule has 2 aliphatic heterocycles. The topological polar surface area (TPSA) is 44.4 Å². The van der Waals surface area contributed by atoms with Crippen molar-refractivity contribution >= 4 is 5.91 Å². The zero-order chi connectivity index (χ0) is 12.4. The molecule has 2 saturated heterocycles. The van der Waals surface area contributed by atoms with E-state index in [1.54, 1.807) is 0 Å². The minimum atomic E-state index is 0.168. The molecule has 2 heterocycles. The van der Waals surface area contributed by atoms with Gasteiger partial charge < -0.3 is 15.5 Å². The van der Waals surface area contributed by atoms with Crippen LogP contribution in [0.15, 0.2) is 0 Å². The molecule has 2 N–H and O–H groups in total. The molecule has 0 bridgehead atoms. The summed E-state index contributed by atoms with van der Waals surface area (Å²) in [5.41, 5.74) is 0. The Morgan fingerprint density at radius 1 is 1.29 bits per heavy atom. The second kappa shape index (κ2) is 5.36. The number of hydrogen-bond acceptors (Lipinski definition) is 3. The number of hydrogen-bond donors (Lipinski definition) is 2. The van der Waals surface area contributed by atoms with Crippen LogP contribution in [-0.4, -0.2) is 50.1 Å². The van der Waals surface area contributed by atoms with Gasteiger partial charge in [0.1, 0.15) is 0 Å². The Bertz CT molecular complexity index is 282. The molecule has 0 radical (unpaired) electrons. The largest absolute Gasteiger partial charge is 0.353 e. The molecule has 0 aromatic rings. The van der Waals surface area contributed by atoms with Gasteiger partial charge in [-0.25, -0.2) is 0 Å². The lowest BCUT2D eigenvalue weighted by atomic mass is 9.92. The van der Waals surface area contributed by atoms with E-state index < -0.39 is 0 Å². The van der Waals surface area contributed by atoms with Crippen LogP contribution in [0.5, 0.6) is 0 Å². The van der Waals surface area contributed by atoms with E-state index in [-0.39, 0.29) is 11.8 Å². The molecule has 0 saturated carbocycles. The lowest BCUT2D eigenvalue weighted by Gasteiger charge is -2.35. The third kappa shape index (κ3) is 2.99. The van der Waals surface area contributed by atoms with Gasteiger partial charge in [0.2, 0.25) is 5.91 Å². The van der Waals surface area contributed by atoms with Crippen molar-refractivity contribution in [1.82, 2.24) is 15.5 Å². The van der Waals surface area contributed by atoms with E-state index in [0.717, 1.165) is 32.6 Å². The van der Waals surface area contributed by atoms with Crippen LogP contribution in [0.3, 0.4) is 0 Å². The number of nitrogens with zero attached hydrogens (tertiary/aromatic N) is 1. The van der Waals surface area contributed by atoms with E-state index in [0.29, 0.717) is 17.9 Å². The summed E-state index contributed by atoms with van der Waals surface area (Å²) in [7, 11) is 2.15. The summed E-state index contributed by atoms with van der Waals surface area (Å²) < 4.78 is 0. The first-order chi connectivity index (χ1) is 8.08. The minimum absolute atomic E-state index is 0.168. The first-order valence-electron chi connectivity index (χ1n) is 6.77. The average molecular weight is 239 g/mol. The molecule has 0 aliphatic carbocycles. The highest BCUT2D eigenvalue weighted by molar-refractivity contribution is 5.79. The van der Waals surface area contributed by atoms with Crippen molar-refractivity contribution < 1.29 is 4.79 Å². The highest BCUT2D eigenvalue weighted by atomic mass is 16.2. The number of likely N-dealkylation sites (tertiary alicyclic amines) is 1. The van der Waals surface area contributed by atoms with E-state index in [4.69, 9.17) is 0 Å². The smallest absolute Gasteiger partial charge is 0.224 e. The normalized spacial score (nSPS) is 39.2. The predicted octanol–water partition coefficient (Wildman–Crippen LogP) is 0.298. The van der Waals surface area contributed by atoms with Gasteiger partial charge >= 0.3 is 0 Å². The van der Waals surface area contributed by atoms with Crippen molar-refractivity contribution in [2.45, 2.75) is 26.3 Å². The van der Waals surface area contributed by atoms with E-state index >= 15 is 0 Å². The fourth-order valence-corrected chi connectivity index (χ4v) is 3.02. The Balaban J connectivity index is 1.86. The summed E-state index contributed by atoms with van der Waals surface area (Å²) in [4.78, 5) is 14.5. The van der Waals surface area contributed by atoms with Gasteiger partial charge in [0.15, 0.2) is 0 Å². The molecular weight excluding hydrogens is 214 g/mol. The molecule has 4 atom stereocenters. The van der Waals surface area contributed by atoms with E-state index in [2.05, 4.69) is 36.4 Å². The first-order valence-corrected chi connectivity index (χ1v) is 6.77. The molecule has 0 aromatic heterocycles. The lowest BCUT2D eigenvalue weighted by Crippen LogP contribution is -2.50. The number of amides is 1. The van der Waals surface area contributed by atoms with Gasteiger partial charge in [-0.3, -0.25) is 4.79 Å². The van der Waals surface area contributed by atoms with Gasteiger partial charge in [-0.1, -0.05) is 13.8 Å². The van der Waals surface area contributed by atoms with Gasteiger partial charge in [0.25, 0.3) is 0 Å².